The molecule has 1 rings (SSSR count). The highest BCUT2D eigenvalue weighted by Gasteiger charge is 2.12. The Balaban J connectivity index is 2.67. The largest absolute Gasteiger partial charge is 0.481 e. The smallest absolute Gasteiger partial charge is 0.303 e. The molecule has 0 saturated heterocycles. The predicted octanol–water partition coefficient (Wildman–Crippen LogP) is 4.83. The van der Waals surface area contributed by atoms with Gasteiger partial charge in [-0.2, -0.15) is 0 Å². The molecule has 0 aliphatic carbocycles. The van der Waals surface area contributed by atoms with Crippen molar-refractivity contribution in [2.45, 2.75) is 44.4 Å². The molecule has 1 unspecified atom stereocenters. The third-order valence-corrected chi connectivity index (χ3v) is 3.67. The maximum atomic E-state index is 10.5. The topological polar surface area (TPSA) is 37.3 Å². The van der Waals surface area contributed by atoms with Gasteiger partial charge in [-0.15, -0.1) is 11.6 Å². The summed E-state index contributed by atoms with van der Waals surface area (Å²) >= 11 is 12.4. The van der Waals surface area contributed by atoms with E-state index in [1.165, 1.54) is 0 Å². The third-order valence-electron chi connectivity index (χ3n) is 2.85. The minimum atomic E-state index is -0.827. The first-order valence-electron chi connectivity index (χ1n) is 6.18. The van der Waals surface area contributed by atoms with Crippen LogP contribution in [0.15, 0.2) is 18.2 Å². The van der Waals surface area contributed by atoms with E-state index in [0.29, 0.717) is 6.42 Å². The molecule has 0 aliphatic rings. The number of rotatable bonds is 7. The van der Waals surface area contributed by atoms with Gasteiger partial charge in [0.2, 0.25) is 0 Å². The zero-order chi connectivity index (χ0) is 13.5. The summed E-state index contributed by atoms with van der Waals surface area (Å²) in [6.45, 7) is 2.14. The predicted molar refractivity (Wildman–Crippen MR) is 75.5 cm³/mol. The summed E-state index contributed by atoms with van der Waals surface area (Å²) in [5, 5.41) is 9.05. The van der Waals surface area contributed by atoms with Gasteiger partial charge in [-0.05, 0) is 36.5 Å². The van der Waals surface area contributed by atoms with Crippen LogP contribution in [0.1, 0.15) is 49.1 Å². The minimum absolute atomic E-state index is 0.0728. The van der Waals surface area contributed by atoms with Crippen LogP contribution >= 0.6 is 23.2 Å². The molecule has 0 spiro atoms. The Morgan fingerprint density at radius 1 is 1.44 bits per heavy atom. The van der Waals surface area contributed by atoms with Gasteiger partial charge in [0.15, 0.2) is 0 Å². The summed E-state index contributed by atoms with van der Waals surface area (Å²) < 4.78 is 0. The lowest BCUT2D eigenvalue weighted by Crippen LogP contribution is -1.99. The van der Waals surface area contributed by atoms with Crippen molar-refractivity contribution < 1.29 is 9.90 Å². The normalized spacial score (nSPS) is 12.4. The second-order valence-corrected chi connectivity index (χ2v) is 5.29. The number of halogens is 2. The second-order valence-electron chi connectivity index (χ2n) is 4.35. The molecular weight excluding hydrogens is 271 g/mol. The van der Waals surface area contributed by atoms with Gasteiger partial charge >= 0.3 is 5.97 Å². The van der Waals surface area contributed by atoms with E-state index in [-0.39, 0.29) is 11.8 Å². The Morgan fingerprint density at radius 2 is 2.17 bits per heavy atom. The molecule has 1 aromatic carbocycles. The zero-order valence-corrected chi connectivity index (χ0v) is 12.0. The van der Waals surface area contributed by atoms with E-state index in [2.05, 4.69) is 6.92 Å². The maximum Gasteiger partial charge on any atom is 0.303 e. The van der Waals surface area contributed by atoms with Crippen molar-refractivity contribution in [1.29, 1.82) is 0 Å². The number of hydrogen-bond acceptors (Lipinski definition) is 1. The Bertz CT molecular complexity index is 405. The summed E-state index contributed by atoms with van der Waals surface area (Å²) in [5.74, 6) is -0.827. The average Bonchev–Trinajstić information content (AvgIpc) is 2.34. The van der Waals surface area contributed by atoms with Gasteiger partial charge in [0, 0.05) is 11.4 Å². The highest BCUT2D eigenvalue weighted by molar-refractivity contribution is 6.31. The summed E-state index contributed by atoms with van der Waals surface area (Å²) in [7, 11) is 0. The molecule has 0 aromatic heterocycles. The fourth-order valence-corrected chi connectivity index (χ4v) is 2.27. The highest BCUT2D eigenvalue weighted by atomic mass is 35.5. The standard InChI is InChI=1S/C14H18Cl2O2/c1-2-3-4-10-5-6-11(9-13(10)16)12(15)7-8-14(17)18/h5-6,9,12H,2-4,7-8H2,1H3,(H,17,18). The Morgan fingerprint density at radius 3 is 2.72 bits per heavy atom. The van der Waals surface area contributed by atoms with Crippen molar-refractivity contribution in [2.24, 2.45) is 0 Å². The van der Waals surface area contributed by atoms with E-state index >= 15 is 0 Å². The van der Waals surface area contributed by atoms with E-state index in [9.17, 15) is 4.79 Å². The van der Waals surface area contributed by atoms with E-state index < -0.39 is 5.97 Å². The molecule has 4 heteroatoms. The van der Waals surface area contributed by atoms with Gasteiger partial charge in [-0.25, -0.2) is 0 Å². The van der Waals surface area contributed by atoms with Crippen molar-refractivity contribution in [3.63, 3.8) is 0 Å². The minimum Gasteiger partial charge on any atom is -0.481 e. The van der Waals surface area contributed by atoms with Crippen LogP contribution in [0, 0.1) is 0 Å². The third kappa shape index (κ3) is 4.87. The van der Waals surface area contributed by atoms with Crippen LogP contribution < -0.4 is 0 Å². The molecule has 0 heterocycles. The number of benzene rings is 1. The van der Waals surface area contributed by atoms with Crippen molar-refractivity contribution in [2.75, 3.05) is 0 Å². The molecule has 0 fully saturated rings. The highest BCUT2D eigenvalue weighted by Crippen LogP contribution is 2.29. The maximum absolute atomic E-state index is 10.5. The van der Waals surface area contributed by atoms with Crippen molar-refractivity contribution in [1.82, 2.24) is 0 Å². The van der Waals surface area contributed by atoms with E-state index in [0.717, 1.165) is 35.4 Å². The molecular formula is C14H18Cl2O2. The van der Waals surface area contributed by atoms with Crippen molar-refractivity contribution in [3.8, 4) is 0 Å². The Labute approximate surface area is 118 Å². The number of alkyl halides is 1. The monoisotopic (exact) mass is 288 g/mol. The molecule has 1 aromatic rings. The first-order valence-corrected chi connectivity index (χ1v) is 7.00. The number of carboxylic acid groups (broad SMARTS) is 1. The lowest BCUT2D eigenvalue weighted by Gasteiger charge is -2.11. The van der Waals surface area contributed by atoms with Crippen LogP contribution in [0.5, 0.6) is 0 Å². The molecule has 1 N–H and O–H groups in total. The first-order chi connectivity index (χ1) is 8.54. The molecule has 18 heavy (non-hydrogen) atoms. The number of carboxylic acids is 1. The van der Waals surface area contributed by atoms with Gasteiger partial charge in [0.05, 0.1) is 5.38 Å². The molecule has 2 nitrogen and oxygen atoms in total. The lowest BCUT2D eigenvalue weighted by atomic mass is 10.0. The van der Waals surface area contributed by atoms with Gasteiger partial charge < -0.3 is 5.11 Å². The van der Waals surface area contributed by atoms with E-state index in [1.54, 1.807) is 0 Å². The quantitative estimate of drug-likeness (QED) is 0.730. The van der Waals surface area contributed by atoms with Gasteiger partial charge in [-0.3, -0.25) is 4.79 Å². The molecule has 0 saturated carbocycles. The van der Waals surface area contributed by atoms with Crippen LogP contribution in [0.4, 0.5) is 0 Å². The summed E-state index contributed by atoms with van der Waals surface area (Å²) in [4.78, 5) is 10.5. The molecule has 1 atom stereocenters. The molecule has 0 aliphatic heterocycles. The van der Waals surface area contributed by atoms with E-state index in [1.807, 2.05) is 18.2 Å². The van der Waals surface area contributed by atoms with Crippen LogP contribution in [-0.4, -0.2) is 11.1 Å². The number of hydrogen-bond donors (Lipinski definition) is 1. The van der Waals surface area contributed by atoms with Gasteiger partial charge in [0.1, 0.15) is 0 Å². The summed E-state index contributed by atoms with van der Waals surface area (Å²) in [6, 6.07) is 5.78. The fourth-order valence-electron chi connectivity index (χ4n) is 1.75. The lowest BCUT2D eigenvalue weighted by molar-refractivity contribution is -0.137. The van der Waals surface area contributed by atoms with Crippen molar-refractivity contribution in [3.05, 3.63) is 34.3 Å². The average molecular weight is 289 g/mol. The summed E-state index contributed by atoms with van der Waals surface area (Å²) in [6.07, 6.45) is 3.71. The second kappa shape index (κ2) is 7.65. The molecule has 0 bridgehead atoms. The fraction of sp³-hybridized carbons (Fsp3) is 0.500. The zero-order valence-electron chi connectivity index (χ0n) is 10.5. The van der Waals surface area contributed by atoms with Crippen LogP contribution in [0.25, 0.3) is 0 Å². The molecule has 0 radical (unpaired) electrons. The Hall–Kier alpha value is -0.730. The number of unbranched alkanes of at least 4 members (excludes halogenated alkanes) is 1. The van der Waals surface area contributed by atoms with Crippen molar-refractivity contribution >= 4 is 29.2 Å². The van der Waals surface area contributed by atoms with E-state index in [4.69, 9.17) is 28.3 Å². The molecule has 0 amide bonds. The number of carbonyl (C=O) groups is 1. The first kappa shape index (κ1) is 15.3. The van der Waals surface area contributed by atoms with Crippen LogP contribution in [0.3, 0.4) is 0 Å². The van der Waals surface area contributed by atoms with Gasteiger partial charge in [0.25, 0.3) is 0 Å². The number of aliphatic carboxylic acids is 1. The molecule has 100 valence electrons. The van der Waals surface area contributed by atoms with Gasteiger partial charge in [-0.1, -0.05) is 37.1 Å². The van der Waals surface area contributed by atoms with Crippen LogP contribution in [0.2, 0.25) is 5.02 Å². The number of aryl methyl sites for hydroxylation is 1. The Kier molecular flexibility index (Phi) is 6.51. The van der Waals surface area contributed by atoms with Crippen LogP contribution in [-0.2, 0) is 11.2 Å². The SMILES string of the molecule is CCCCc1ccc(C(Cl)CCC(=O)O)cc1Cl. The summed E-state index contributed by atoms with van der Waals surface area (Å²) in [5.41, 5.74) is 2.02.